The number of benzene rings is 3. The van der Waals surface area contributed by atoms with E-state index in [1.807, 2.05) is 19.1 Å². The maximum Gasteiger partial charge on any atom is 0.243 e. The zero-order chi connectivity index (χ0) is 30.0. The smallest absolute Gasteiger partial charge is 0.243 e. The average Bonchev–Trinajstić information content (AvgIpc) is 3.24. The number of nitrogens with zero attached hydrogens (tertiary/aromatic N) is 4. The minimum Gasteiger partial charge on any atom is -0.495 e. The van der Waals surface area contributed by atoms with E-state index in [2.05, 4.69) is 15.5 Å². The summed E-state index contributed by atoms with van der Waals surface area (Å²) in [6, 6.07) is 15.3. The van der Waals surface area contributed by atoms with E-state index in [-0.39, 0.29) is 41.2 Å². The van der Waals surface area contributed by atoms with Crippen LogP contribution in [0.1, 0.15) is 11.1 Å². The minimum absolute atomic E-state index is 0.00915. The van der Waals surface area contributed by atoms with Gasteiger partial charge in [-0.15, -0.1) is 10.2 Å². The molecular weight excluding hydrogens is 621 g/mol. The van der Waals surface area contributed by atoms with Crippen molar-refractivity contribution in [3.63, 3.8) is 0 Å². The number of nitrogens with one attached hydrogen (secondary N) is 1. The van der Waals surface area contributed by atoms with E-state index in [0.717, 1.165) is 11.1 Å². The predicted octanol–water partition coefficient (Wildman–Crippen LogP) is 6.52. The molecule has 1 saturated heterocycles. The highest BCUT2D eigenvalue weighted by atomic mass is 35.5. The number of aryl methyl sites for hydroxylation is 1. The maximum absolute atomic E-state index is 13.4. The topological polar surface area (TPSA) is 118 Å². The monoisotopic (exact) mass is 647 g/mol. The quantitative estimate of drug-likeness (QED) is 0.173. The van der Waals surface area contributed by atoms with Gasteiger partial charge in [0.15, 0.2) is 5.69 Å². The molecule has 1 aliphatic rings. The number of morpholine rings is 1. The van der Waals surface area contributed by atoms with Crippen LogP contribution >= 0.6 is 35.4 Å². The Hall–Kier alpha value is -3.26. The number of sulfonamides is 1. The van der Waals surface area contributed by atoms with Gasteiger partial charge in [-0.1, -0.05) is 35.3 Å². The number of halogens is 2. The fraction of sp³-hybridized carbons (Fsp3) is 0.250. The van der Waals surface area contributed by atoms with Gasteiger partial charge in [-0.3, -0.25) is 0 Å². The summed E-state index contributed by atoms with van der Waals surface area (Å²) in [6.45, 7) is 3.26. The molecule has 1 fully saturated rings. The normalized spacial score (nSPS) is 14.5. The molecule has 4 aromatic rings. The molecule has 2 heterocycles. The van der Waals surface area contributed by atoms with Crippen molar-refractivity contribution in [1.82, 2.24) is 8.87 Å². The number of fused-ring (bicyclic) bond motifs is 1. The van der Waals surface area contributed by atoms with Crippen LogP contribution in [0.4, 0.5) is 11.4 Å². The zero-order valence-electron chi connectivity index (χ0n) is 22.7. The highest BCUT2D eigenvalue weighted by molar-refractivity contribution is 7.89. The highest BCUT2D eigenvalue weighted by Crippen LogP contribution is 2.41. The molecule has 0 bridgehead atoms. The van der Waals surface area contributed by atoms with Crippen LogP contribution in [-0.2, 0) is 21.3 Å². The Kier molecular flexibility index (Phi) is 9.02. The molecule has 0 saturated carbocycles. The van der Waals surface area contributed by atoms with Gasteiger partial charge in [0.25, 0.3) is 0 Å². The first-order chi connectivity index (χ1) is 20.1. The van der Waals surface area contributed by atoms with Crippen LogP contribution in [-0.4, -0.2) is 60.9 Å². The number of thiocarbonyl (C=S) groups is 1. The summed E-state index contributed by atoms with van der Waals surface area (Å²) in [5.41, 5.74) is 2.84. The van der Waals surface area contributed by atoms with Crippen molar-refractivity contribution in [2.45, 2.75) is 18.4 Å². The van der Waals surface area contributed by atoms with Crippen molar-refractivity contribution in [2.24, 2.45) is 10.2 Å². The molecule has 1 aromatic heterocycles. The molecule has 0 spiro atoms. The van der Waals surface area contributed by atoms with E-state index >= 15 is 0 Å². The van der Waals surface area contributed by atoms with Gasteiger partial charge in [-0.25, -0.2) is 8.42 Å². The molecular formula is C28H27Cl2N5O5S2. The Morgan fingerprint density at radius 3 is 2.52 bits per heavy atom. The van der Waals surface area contributed by atoms with Crippen LogP contribution < -0.4 is 10.1 Å². The summed E-state index contributed by atoms with van der Waals surface area (Å²) in [5.74, 6) is 0.260. The molecule has 0 atom stereocenters. The number of ether oxygens (including phenoxy) is 2. The lowest BCUT2D eigenvalue weighted by Gasteiger charge is -2.26. The Balaban J connectivity index is 1.55. The molecule has 14 heteroatoms. The lowest BCUT2D eigenvalue weighted by Crippen LogP contribution is -2.40. The Bertz CT molecular complexity index is 1790. The lowest BCUT2D eigenvalue weighted by molar-refractivity contribution is 0.0730. The third-order valence-corrected chi connectivity index (χ3v) is 9.54. The SMILES string of the molecule is COc1cc(Cl)c(C)cc1NC(=S)N=Nc1c(O)n(Cc2ccc(Cl)cc2)c2ccc(S(=O)(=O)N3CCOCC3)cc12. The summed E-state index contributed by atoms with van der Waals surface area (Å²) in [4.78, 5) is 0.0686. The van der Waals surface area contributed by atoms with Crippen LogP contribution in [0.5, 0.6) is 11.6 Å². The maximum atomic E-state index is 13.4. The minimum atomic E-state index is -3.81. The molecule has 1 aliphatic heterocycles. The molecule has 10 nitrogen and oxygen atoms in total. The summed E-state index contributed by atoms with van der Waals surface area (Å²) in [6.07, 6.45) is 0. The largest absolute Gasteiger partial charge is 0.495 e. The number of azo groups is 1. The molecule has 0 aliphatic carbocycles. The van der Waals surface area contributed by atoms with E-state index in [1.165, 1.54) is 23.5 Å². The number of hydrogen-bond acceptors (Lipinski definition) is 7. The molecule has 220 valence electrons. The van der Waals surface area contributed by atoms with E-state index in [1.54, 1.807) is 34.9 Å². The van der Waals surface area contributed by atoms with Crippen LogP contribution in [0, 0.1) is 6.92 Å². The molecule has 0 unspecified atom stereocenters. The first-order valence-corrected chi connectivity index (χ1v) is 15.4. The molecule has 2 N–H and O–H groups in total. The van der Waals surface area contributed by atoms with Crippen molar-refractivity contribution in [1.29, 1.82) is 0 Å². The highest BCUT2D eigenvalue weighted by Gasteiger charge is 2.28. The van der Waals surface area contributed by atoms with Crippen molar-refractivity contribution in [3.8, 4) is 11.6 Å². The van der Waals surface area contributed by atoms with Gasteiger partial charge in [-0.2, -0.15) is 4.31 Å². The van der Waals surface area contributed by atoms with Gasteiger partial charge in [0.2, 0.25) is 21.0 Å². The van der Waals surface area contributed by atoms with Crippen molar-refractivity contribution in [2.75, 3.05) is 38.7 Å². The van der Waals surface area contributed by atoms with Crippen LogP contribution in [0.3, 0.4) is 0 Å². The predicted molar refractivity (Wildman–Crippen MR) is 167 cm³/mol. The van der Waals surface area contributed by atoms with Gasteiger partial charge in [0, 0.05) is 34.6 Å². The van der Waals surface area contributed by atoms with Gasteiger partial charge in [0.05, 0.1) is 43.0 Å². The van der Waals surface area contributed by atoms with E-state index in [9.17, 15) is 13.5 Å². The first kappa shape index (κ1) is 30.2. The molecule has 0 radical (unpaired) electrons. The van der Waals surface area contributed by atoms with Crippen molar-refractivity contribution >= 4 is 72.8 Å². The fourth-order valence-electron chi connectivity index (χ4n) is 4.60. The number of methoxy groups -OCH3 is 1. The molecule has 5 rings (SSSR count). The van der Waals surface area contributed by atoms with E-state index < -0.39 is 10.0 Å². The summed E-state index contributed by atoms with van der Waals surface area (Å²) < 4.78 is 40.5. The van der Waals surface area contributed by atoms with Crippen LogP contribution in [0.15, 0.2) is 69.7 Å². The number of anilines is 1. The van der Waals surface area contributed by atoms with Gasteiger partial charge in [-0.05, 0) is 66.7 Å². The Labute approximate surface area is 258 Å². The molecule has 42 heavy (non-hydrogen) atoms. The van der Waals surface area contributed by atoms with Gasteiger partial charge in [0.1, 0.15) is 5.75 Å². The van der Waals surface area contributed by atoms with E-state index in [0.29, 0.717) is 45.6 Å². The molecule has 0 amide bonds. The van der Waals surface area contributed by atoms with Crippen LogP contribution in [0.2, 0.25) is 10.0 Å². The van der Waals surface area contributed by atoms with Crippen LogP contribution in [0.25, 0.3) is 10.9 Å². The van der Waals surface area contributed by atoms with Crippen molar-refractivity contribution < 1.29 is 23.0 Å². The van der Waals surface area contributed by atoms with Gasteiger partial charge >= 0.3 is 0 Å². The lowest BCUT2D eigenvalue weighted by atomic mass is 10.2. The average molecular weight is 649 g/mol. The third-order valence-electron chi connectivity index (χ3n) is 6.81. The van der Waals surface area contributed by atoms with Gasteiger partial charge < -0.3 is 24.5 Å². The summed E-state index contributed by atoms with van der Waals surface area (Å²) in [5, 5.41) is 24.2. The summed E-state index contributed by atoms with van der Waals surface area (Å²) >= 11 is 17.7. The zero-order valence-corrected chi connectivity index (χ0v) is 25.8. The first-order valence-electron chi connectivity index (χ1n) is 12.8. The second-order valence-electron chi connectivity index (χ2n) is 9.51. The summed E-state index contributed by atoms with van der Waals surface area (Å²) in [7, 11) is -2.31. The number of aromatic hydroxyl groups is 1. The second kappa shape index (κ2) is 12.5. The van der Waals surface area contributed by atoms with E-state index in [4.69, 9.17) is 44.9 Å². The number of rotatable bonds is 7. The number of hydrogen-bond donors (Lipinski definition) is 2. The fourth-order valence-corrected chi connectivity index (χ4v) is 6.46. The Morgan fingerprint density at radius 1 is 1.12 bits per heavy atom. The Morgan fingerprint density at radius 2 is 1.83 bits per heavy atom. The molecule has 3 aromatic carbocycles. The van der Waals surface area contributed by atoms with Crippen molar-refractivity contribution in [3.05, 3.63) is 75.8 Å². The standard InChI is InChI=1S/C28H27Cl2N5O5S2/c1-17-13-23(25(39-2)15-22(17)30)31-28(41)33-32-26-21-14-20(42(37,38)34-9-11-40-12-10-34)7-8-24(21)35(27(26)36)16-18-3-5-19(29)6-4-18/h3-8,13-15,36H,9-12,16H2,1-2H3,(H,31,41). The second-order valence-corrected chi connectivity index (χ2v) is 12.7. The number of aromatic nitrogens is 1. The third kappa shape index (κ3) is 6.24.